The highest BCUT2D eigenvalue weighted by molar-refractivity contribution is 5.97. The van der Waals surface area contributed by atoms with Gasteiger partial charge < -0.3 is 34.8 Å². The van der Waals surface area contributed by atoms with Gasteiger partial charge in [0.15, 0.2) is 0 Å². The van der Waals surface area contributed by atoms with Crippen molar-refractivity contribution in [2.75, 3.05) is 63.9 Å². The van der Waals surface area contributed by atoms with Crippen molar-refractivity contribution in [3.05, 3.63) is 48.2 Å². The van der Waals surface area contributed by atoms with E-state index in [1.54, 1.807) is 15.9 Å². The Morgan fingerprint density at radius 2 is 1.60 bits per heavy atom. The van der Waals surface area contributed by atoms with Gasteiger partial charge in [0.25, 0.3) is 5.91 Å². The Kier molecular flexibility index (Phi) is 12.6. The average Bonchev–Trinajstić information content (AvgIpc) is 3.67. The Morgan fingerprint density at radius 1 is 0.917 bits per heavy atom. The second-order valence-corrected chi connectivity index (χ2v) is 13.0. The molecular weight excluding hydrogens is 612 g/mol. The minimum absolute atomic E-state index is 0.0607. The number of benzene rings is 1. The smallest absolute Gasteiger partial charge is 0.409 e. The average molecular weight is 663 g/mol. The van der Waals surface area contributed by atoms with Crippen LogP contribution in [0, 0.1) is 0 Å². The van der Waals surface area contributed by atoms with Crippen molar-refractivity contribution < 1.29 is 29.0 Å². The number of piperazine rings is 1. The third kappa shape index (κ3) is 9.46. The number of likely N-dealkylation sites (tertiary alicyclic amines) is 1. The molecule has 0 unspecified atom stereocenters. The maximum Gasteiger partial charge on any atom is 0.409 e. The van der Waals surface area contributed by atoms with Crippen LogP contribution in [-0.4, -0.2) is 120 Å². The fraction of sp³-hybridized carbons (Fsp3) is 0.583. The Morgan fingerprint density at radius 3 is 2.27 bits per heavy atom. The number of amides is 3. The molecule has 1 aromatic carbocycles. The number of hydrogen-bond donors (Lipinski definition) is 2. The summed E-state index contributed by atoms with van der Waals surface area (Å²) >= 11 is 0. The van der Waals surface area contributed by atoms with Crippen LogP contribution in [0.25, 0.3) is 11.3 Å². The summed E-state index contributed by atoms with van der Waals surface area (Å²) in [5.41, 5.74) is 2.61. The number of hydrogen-bond acceptors (Lipinski definition) is 8. The summed E-state index contributed by atoms with van der Waals surface area (Å²) in [5.74, 6) is -1.95. The molecular formula is C36H50N6O6. The second kappa shape index (κ2) is 17.3. The largest absolute Gasteiger partial charge is 0.481 e. The van der Waals surface area contributed by atoms with Crippen molar-refractivity contribution in [1.29, 1.82) is 0 Å². The van der Waals surface area contributed by atoms with Gasteiger partial charge in [0.05, 0.1) is 12.3 Å². The van der Waals surface area contributed by atoms with Crippen molar-refractivity contribution in [2.24, 2.45) is 0 Å². The van der Waals surface area contributed by atoms with Gasteiger partial charge in [-0.15, -0.1) is 0 Å². The number of aliphatic carboxylic acids is 1. The predicted molar refractivity (Wildman–Crippen MR) is 183 cm³/mol. The van der Waals surface area contributed by atoms with E-state index in [0.717, 1.165) is 56.4 Å². The zero-order valence-corrected chi connectivity index (χ0v) is 28.1. The van der Waals surface area contributed by atoms with E-state index in [4.69, 9.17) is 9.72 Å². The third-order valence-electron chi connectivity index (χ3n) is 9.67. The SMILES string of the molecule is CCCCCOC(=O)N1CCN(C(=O)[C@H](CCC(=O)O)NC(=O)c2cc(N3CCC(N4CCCC4)CC3)cc(-c3ccccc3)n2)CC1. The number of carbonyl (C=O) groups is 4. The summed E-state index contributed by atoms with van der Waals surface area (Å²) < 4.78 is 5.37. The maximum atomic E-state index is 13.8. The minimum Gasteiger partial charge on any atom is -0.481 e. The standard InChI is InChI=1S/C36H50N6O6/c1-2-3-9-24-48-36(47)42-22-20-41(21-23-42)35(46)30(12-13-33(43)44)38-34(45)32-26-29(25-31(37-32)27-10-5-4-6-11-27)40-18-14-28(15-19-40)39-16-7-8-17-39/h4-6,10-11,25-26,28,30H,2-3,7-9,12-24H2,1H3,(H,38,45)(H,43,44)/t30-/m0/s1. The van der Waals surface area contributed by atoms with Crippen molar-refractivity contribution in [3.8, 4) is 11.3 Å². The molecule has 12 heteroatoms. The zero-order chi connectivity index (χ0) is 33.9. The number of carbonyl (C=O) groups excluding carboxylic acids is 3. The van der Waals surface area contributed by atoms with Crippen LogP contribution in [-0.2, 0) is 14.3 Å². The molecule has 3 saturated heterocycles. The molecule has 3 aliphatic heterocycles. The molecule has 12 nitrogen and oxygen atoms in total. The topological polar surface area (TPSA) is 136 Å². The van der Waals surface area contributed by atoms with Crippen LogP contribution in [0.3, 0.4) is 0 Å². The van der Waals surface area contributed by atoms with E-state index < -0.39 is 24.0 Å². The van der Waals surface area contributed by atoms with Crippen molar-refractivity contribution in [1.82, 2.24) is 25.0 Å². The number of nitrogens with one attached hydrogen (secondary N) is 1. The van der Waals surface area contributed by atoms with Crippen molar-refractivity contribution in [3.63, 3.8) is 0 Å². The highest BCUT2D eigenvalue weighted by atomic mass is 16.6. The lowest BCUT2D eigenvalue weighted by atomic mass is 10.0. The summed E-state index contributed by atoms with van der Waals surface area (Å²) in [6, 6.07) is 13.0. The number of rotatable bonds is 13. The fourth-order valence-electron chi connectivity index (χ4n) is 6.86. The summed E-state index contributed by atoms with van der Waals surface area (Å²) in [7, 11) is 0. The number of nitrogens with zero attached hydrogens (tertiary/aromatic N) is 5. The van der Waals surface area contributed by atoms with Crippen LogP contribution in [0.2, 0.25) is 0 Å². The molecule has 3 fully saturated rings. The van der Waals surface area contributed by atoms with E-state index in [0.29, 0.717) is 31.4 Å². The van der Waals surface area contributed by atoms with Crippen molar-refractivity contribution in [2.45, 2.75) is 76.8 Å². The first-order chi connectivity index (χ1) is 23.3. The molecule has 260 valence electrons. The summed E-state index contributed by atoms with van der Waals surface area (Å²) in [4.78, 5) is 64.3. The number of carboxylic acids is 1. The molecule has 4 heterocycles. The first-order valence-corrected chi connectivity index (χ1v) is 17.6. The van der Waals surface area contributed by atoms with E-state index in [9.17, 15) is 24.3 Å². The molecule has 2 aromatic rings. The van der Waals surface area contributed by atoms with Gasteiger partial charge >= 0.3 is 12.1 Å². The quantitative estimate of drug-likeness (QED) is 0.302. The van der Waals surface area contributed by atoms with Crippen LogP contribution in [0.5, 0.6) is 0 Å². The molecule has 48 heavy (non-hydrogen) atoms. The van der Waals surface area contributed by atoms with Gasteiger partial charge in [0, 0.05) is 63.0 Å². The summed E-state index contributed by atoms with van der Waals surface area (Å²) in [6.45, 7) is 7.68. The number of ether oxygens (including phenoxy) is 1. The van der Waals surface area contributed by atoms with E-state index in [1.807, 2.05) is 36.4 Å². The molecule has 0 aliphatic carbocycles. The summed E-state index contributed by atoms with van der Waals surface area (Å²) in [5, 5.41) is 12.2. The Bertz CT molecular complexity index is 1380. The van der Waals surface area contributed by atoms with E-state index in [2.05, 4.69) is 22.0 Å². The van der Waals surface area contributed by atoms with E-state index >= 15 is 0 Å². The molecule has 0 bridgehead atoms. The molecule has 0 saturated carbocycles. The molecule has 1 atom stereocenters. The lowest BCUT2D eigenvalue weighted by molar-refractivity contribution is -0.138. The second-order valence-electron chi connectivity index (χ2n) is 13.0. The Balaban J connectivity index is 1.28. The normalized spacial score (nSPS) is 18.1. The van der Waals surface area contributed by atoms with Gasteiger partial charge in [-0.25, -0.2) is 9.78 Å². The van der Waals surface area contributed by atoms with Gasteiger partial charge in [-0.3, -0.25) is 14.4 Å². The number of carboxylic acid groups (broad SMARTS) is 1. The minimum atomic E-state index is -1.05. The molecule has 3 amide bonds. The fourth-order valence-corrected chi connectivity index (χ4v) is 6.86. The monoisotopic (exact) mass is 662 g/mol. The summed E-state index contributed by atoms with van der Waals surface area (Å²) in [6.07, 6.45) is 6.75. The predicted octanol–water partition coefficient (Wildman–Crippen LogP) is 4.25. The molecule has 3 aliphatic rings. The van der Waals surface area contributed by atoms with Gasteiger partial charge in [-0.05, 0) is 63.7 Å². The number of aromatic nitrogens is 1. The third-order valence-corrected chi connectivity index (χ3v) is 9.67. The van der Waals surface area contributed by atoms with E-state index in [1.165, 1.54) is 25.9 Å². The zero-order valence-electron chi connectivity index (χ0n) is 28.1. The van der Waals surface area contributed by atoms with Crippen LogP contribution in [0.1, 0.15) is 75.2 Å². The molecule has 0 radical (unpaired) electrons. The molecule has 2 N–H and O–H groups in total. The number of anilines is 1. The van der Waals surface area contributed by atoms with E-state index in [-0.39, 0.29) is 37.5 Å². The van der Waals surface area contributed by atoms with Crippen LogP contribution in [0.4, 0.5) is 10.5 Å². The maximum absolute atomic E-state index is 13.8. The molecule has 5 rings (SSSR count). The van der Waals surface area contributed by atoms with Gasteiger partial charge in [0.1, 0.15) is 11.7 Å². The first kappa shape index (κ1) is 35.1. The molecule has 1 aromatic heterocycles. The van der Waals surface area contributed by atoms with Crippen LogP contribution in [0.15, 0.2) is 42.5 Å². The highest BCUT2D eigenvalue weighted by Crippen LogP contribution is 2.29. The number of piperidine rings is 1. The Labute approximate surface area is 283 Å². The van der Waals surface area contributed by atoms with Crippen molar-refractivity contribution >= 4 is 29.6 Å². The van der Waals surface area contributed by atoms with Gasteiger partial charge in [-0.2, -0.15) is 0 Å². The lowest BCUT2D eigenvalue weighted by Crippen LogP contribution is -2.56. The molecule has 0 spiro atoms. The lowest BCUT2D eigenvalue weighted by Gasteiger charge is -2.38. The van der Waals surface area contributed by atoms with Crippen LogP contribution >= 0.6 is 0 Å². The van der Waals surface area contributed by atoms with Crippen LogP contribution < -0.4 is 10.2 Å². The first-order valence-electron chi connectivity index (χ1n) is 17.6. The number of pyridine rings is 1. The Hall–Kier alpha value is -4.19. The number of unbranched alkanes of at least 4 members (excludes halogenated alkanes) is 2. The van der Waals surface area contributed by atoms with Gasteiger partial charge in [-0.1, -0.05) is 50.1 Å². The highest BCUT2D eigenvalue weighted by Gasteiger charge is 2.32. The van der Waals surface area contributed by atoms with Gasteiger partial charge in [0.2, 0.25) is 5.91 Å².